The molecule has 0 radical (unpaired) electrons. The Kier molecular flexibility index (Phi) is 8.02. The molecule has 0 amide bonds. The van der Waals surface area contributed by atoms with Crippen LogP contribution in [-0.4, -0.2) is 61.3 Å². The summed E-state index contributed by atoms with van der Waals surface area (Å²) in [6.07, 6.45) is 0.314. The first kappa shape index (κ1) is 23.9. The molecule has 1 heterocycles. The molecule has 0 bridgehead atoms. The molecule has 1 aliphatic rings. The Balaban J connectivity index is 1.69. The number of sulfone groups is 1. The van der Waals surface area contributed by atoms with Gasteiger partial charge in [-0.25, -0.2) is 8.42 Å². The number of benzene rings is 2. The number of phenols is 1. The number of hydrogen-bond donors (Lipinski definition) is 4. The Morgan fingerprint density at radius 1 is 1.12 bits per heavy atom. The number of hydrogen-bond acceptors (Lipinski definition) is 9. The number of nitro benzene ring substituents is 1. The lowest BCUT2D eigenvalue weighted by Crippen LogP contribution is -2.49. The number of phenolic OH excluding ortho intramolecular Hbond substituents is 1. The van der Waals surface area contributed by atoms with Crippen molar-refractivity contribution in [2.75, 3.05) is 26.2 Å². The normalized spacial score (nSPS) is 16.9. The molecule has 32 heavy (non-hydrogen) atoms. The number of aliphatic hydroxyl groups is 1. The summed E-state index contributed by atoms with van der Waals surface area (Å²) in [4.78, 5) is 10.3. The fraction of sp³-hybridized carbons (Fsp3) is 0.429. The first-order valence-corrected chi connectivity index (χ1v) is 11.8. The van der Waals surface area contributed by atoms with Crippen molar-refractivity contribution in [2.24, 2.45) is 5.92 Å². The summed E-state index contributed by atoms with van der Waals surface area (Å²) in [5.74, 6) is 0.387. The fourth-order valence-corrected chi connectivity index (χ4v) is 5.53. The van der Waals surface area contributed by atoms with Crippen molar-refractivity contribution in [3.63, 3.8) is 0 Å². The number of aliphatic hydroxyl groups excluding tert-OH is 1. The summed E-state index contributed by atoms with van der Waals surface area (Å²) in [5, 5.41) is 35.8. The average Bonchev–Trinajstić information content (AvgIpc) is 2.79. The quantitative estimate of drug-likeness (QED) is 0.302. The van der Waals surface area contributed by atoms with Crippen molar-refractivity contribution >= 4 is 15.5 Å². The second-order valence-corrected chi connectivity index (χ2v) is 9.74. The summed E-state index contributed by atoms with van der Waals surface area (Å²) < 4.78 is 32.2. The summed E-state index contributed by atoms with van der Waals surface area (Å²) in [6.45, 7) is 1.30. The number of piperidine rings is 1. The van der Waals surface area contributed by atoms with E-state index in [-0.39, 0.29) is 35.4 Å². The minimum atomic E-state index is -3.85. The van der Waals surface area contributed by atoms with Crippen LogP contribution < -0.4 is 15.4 Å². The fourth-order valence-electron chi connectivity index (χ4n) is 3.63. The topological polar surface area (TPSA) is 151 Å². The van der Waals surface area contributed by atoms with Crippen LogP contribution in [-0.2, 0) is 9.84 Å². The summed E-state index contributed by atoms with van der Waals surface area (Å²) >= 11 is 0. The van der Waals surface area contributed by atoms with Crippen LogP contribution in [0.2, 0.25) is 0 Å². The van der Waals surface area contributed by atoms with Gasteiger partial charge in [0.2, 0.25) is 0 Å². The highest BCUT2D eigenvalue weighted by Gasteiger charge is 2.35. The van der Waals surface area contributed by atoms with Crippen LogP contribution in [0.3, 0.4) is 0 Å². The Labute approximate surface area is 186 Å². The van der Waals surface area contributed by atoms with Gasteiger partial charge >= 0.3 is 0 Å². The number of ether oxygens (including phenoxy) is 1. The first-order chi connectivity index (χ1) is 15.3. The van der Waals surface area contributed by atoms with E-state index in [2.05, 4.69) is 10.6 Å². The monoisotopic (exact) mass is 465 g/mol. The van der Waals surface area contributed by atoms with E-state index >= 15 is 0 Å². The van der Waals surface area contributed by atoms with Crippen molar-refractivity contribution in [1.82, 2.24) is 10.6 Å². The summed E-state index contributed by atoms with van der Waals surface area (Å²) in [7, 11) is -3.85. The molecule has 2 aromatic rings. The Bertz CT molecular complexity index is 991. The van der Waals surface area contributed by atoms with Crippen LogP contribution in [0.5, 0.6) is 11.5 Å². The molecule has 4 N–H and O–H groups in total. The second kappa shape index (κ2) is 10.7. The molecule has 1 aliphatic heterocycles. The van der Waals surface area contributed by atoms with Gasteiger partial charge in [-0.05, 0) is 68.2 Å². The molecule has 1 fully saturated rings. The number of aromatic hydroxyl groups is 1. The van der Waals surface area contributed by atoms with Gasteiger partial charge in [0.15, 0.2) is 9.84 Å². The van der Waals surface area contributed by atoms with Gasteiger partial charge in [0.05, 0.1) is 9.82 Å². The third kappa shape index (κ3) is 6.16. The van der Waals surface area contributed by atoms with E-state index in [0.29, 0.717) is 31.7 Å². The van der Waals surface area contributed by atoms with Crippen LogP contribution in [0.1, 0.15) is 12.8 Å². The number of nitrogens with one attached hydrogen (secondary N) is 2. The zero-order valence-corrected chi connectivity index (χ0v) is 18.2. The number of nitrogens with zero attached hydrogens (tertiary/aromatic N) is 1. The van der Waals surface area contributed by atoms with Crippen LogP contribution >= 0.6 is 0 Å². The highest BCUT2D eigenvalue weighted by Crippen LogP contribution is 2.27. The molecule has 1 unspecified atom stereocenters. The number of nitro groups is 1. The smallest absolute Gasteiger partial charge is 0.269 e. The molecular formula is C21H27N3O7S. The third-order valence-electron chi connectivity index (χ3n) is 5.36. The highest BCUT2D eigenvalue weighted by molar-refractivity contribution is 7.92. The Morgan fingerprint density at radius 2 is 1.75 bits per heavy atom. The van der Waals surface area contributed by atoms with E-state index in [9.17, 15) is 28.7 Å². The molecule has 0 spiro atoms. The third-order valence-corrected chi connectivity index (χ3v) is 7.51. The van der Waals surface area contributed by atoms with Gasteiger partial charge in [-0.3, -0.25) is 15.4 Å². The lowest BCUT2D eigenvalue weighted by molar-refractivity contribution is -0.384. The standard InChI is InChI=1S/C21H27N3O7S/c25-17-3-5-19(6-4-17)31-14-18(26)13-23-21(15-9-11-22-12-10-15)32(29,30)20-7-1-16(2-8-20)24(27)28/h1-8,15,18,21-23,25-26H,9-14H2/t18-,21?/m0/s1. The molecule has 2 atom stereocenters. The van der Waals surface area contributed by atoms with Gasteiger partial charge in [0, 0.05) is 18.7 Å². The van der Waals surface area contributed by atoms with E-state index in [4.69, 9.17) is 4.74 Å². The van der Waals surface area contributed by atoms with E-state index in [1.165, 1.54) is 36.4 Å². The lowest BCUT2D eigenvalue weighted by atomic mass is 9.98. The van der Waals surface area contributed by atoms with Crippen LogP contribution in [0, 0.1) is 16.0 Å². The summed E-state index contributed by atoms with van der Waals surface area (Å²) in [6, 6.07) is 10.9. The Hall–Kier alpha value is -2.73. The van der Waals surface area contributed by atoms with Crippen molar-refractivity contribution in [1.29, 1.82) is 0 Å². The minimum Gasteiger partial charge on any atom is -0.508 e. The second-order valence-electron chi connectivity index (χ2n) is 7.67. The SMILES string of the molecule is O=[N+]([O-])c1ccc(S(=O)(=O)C(NC[C@H](O)COc2ccc(O)cc2)C2CCNCC2)cc1. The molecule has 3 rings (SSSR count). The van der Waals surface area contributed by atoms with E-state index in [1.54, 1.807) is 12.1 Å². The van der Waals surface area contributed by atoms with Gasteiger partial charge in [-0.15, -0.1) is 0 Å². The van der Waals surface area contributed by atoms with Gasteiger partial charge in [-0.1, -0.05) is 0 Å². The maximum atomic E-state index is 13.3. The predicted octanol–water partition coefficient (Wildman–Crippen LogP) is 1.43. The van der Waals surface area contributed by atoms with E-state index in [0.717, 1.165) is 0 Å². The number of rotatable bonds is 10. The Morgan fingerprint density at radius 3 is 2.34 bits per heavy atom. The van der Waals surface area contributed by atoms with E-state index < -0.39 is 26.2 Å². The highest BCUT2D eigenvalue weighted by atomic mass is 32.2. The molecule has 10 nitrogen and oxygen atoms in total. The molecule has 2 aromatic carbocycles. The molecular weight excluding hydrogens is 438 g/mol. The van der Waals surface area contributed by atoms with Gasteiger partial charge < -0.3 is 20.3 Å². The molecule has 1 saturated heterocycles. The van der Waals surface area contributed by atoms with Crippen LogP contribution in [0.15, 0.2) is 53.4 Å². The van der Waals surface area contributed by atoms with Crippen LogP contribution in [0.4, 0.5) is 5.69 Å². The van der Waals surface area contributed by atoms with E-state index in [1.807, 2.05) is 0 Å². The van der Waals surface area contributed by atoms with Crippen molar-refractivity contribution in [3.8, 4) is 11.5 Å². The molecule has 0 aliphatic carbocycles. The van der Waals surface area contributed by atoms with Gasteiger partial charge in [0.25, 0.3) is 5.69 Å². The lowest BCUT2D eigenvalue weighted by Gasteiger charge is -2.31. The minimum absolute atomic E-state index is 0.00559. The zero-order valence-electron chi connectivity index (χ0n) is 17.4. The molecule has 0 aromatic heterocycles. The number of non-ortho nitro benzene ring substituents is 1. The molecule has 174 valence electrons. The molecule has 0 saturated carbocycles. The largest absolute Gasteiger partial charge is 0.508 e. The maximum Gasteiger partial charge on any atom is 0.269 e. The van der Waals surface area contributed by atoms with Gasteiger partial charge in [-0.2, -0.15) is 0 Å². The average molecular weight is 466 g/mol. The predicted molar refractivity (Wildman–Crippen MR) is 117 cm³/mol. The van der Waals surface area contributed by atoms with Gasteiger partial charge in [0.1, 0.15) is 29.6 Å². The van der Waals surface area contributed by atoms with Crippen molar-refractivity contribution in [2.45, 2.75) is 29.2 Å². The van der Waals surface area contributed by atoms with Crippen molar-refractivity contribution in [3.05, 3.63) is 58.6 Å². The zero-order chi connectivity index (χ0) is 23.1. The van der Waals surface area contributed by atoms with Crippen LogP contribution in [0.25, 0.3) is 0 Å². The molecule has 11 heteroatoms. The first-order valence-electron chi connectivity index (χ1n) is 10.3. The van der Waals surface area contributed by atoms with Crippen molar-refractivity contribution < 1.29 is 28.3 Å². The maximum absolute atomic E-state index is 13.3. The summed E-state index contributed by atoms with van der Waals surface area (Å²) in [5.41, 5.74) is -0.183.